The van der Waals surface area contributed by atoms with E-state index in [1.54, 1.807) is 12.1 Å². The molecule has 1 rings (SSSR count). The highest BCUT2D eigenvalue weighted by Gasteiger charge is 2.06. The van der Waals surface area contributed by atoms with E-state index in [1.165, 1.54) is 0 Å². The van der Waals surface area contributed by atoms with E-state index in [4.69, 9.17) is 16.7 Å². The minimum Gasteiger partial charge on any atom is -0.396 e. The molecule has 0 aliphatic heterocycles. The molecule has 1 amide bonds. The molecule has 0 atom stereocenters. The highest BCUT2D eigenvalue weighted by atomic mass is 35.5. The SMILES string of the molecule is CN(CCCCCO)CCC(=O)Nc1ccccc1Cl. The predicted molar refractivity (Wildman–Crippen MR) is 83.1 cm³/mol. The van der Waals surface area contributed by atoms with Crippen LogP contribution in [0.1, 0.15) is 25.7 Å². The van der Waals surface area contributed by atoms with Crippen LogP contribution in [0.2, 0.25) is 5.02 Å². The number of aliphatic hydroxyl groups excluding tert-OH is 1. The first-order valence-electron chi connectivity index (χ1n) is 6.97. The lowest BCUT2D eigenvalue weighted by Crippen LogP contribution is -2.25. The number of para-hydroxylation sites is 1. The molecular weight excluding hydrogens is 276 g/mol. The molecule has 0 fully saturated rings. The van der Waals surface area contributed by atoms with Crippen molar-refractivity contribution in [1.82, 2.24) is 4.90 Å². The quantitative estimate of drug-likeness (QED) is 0.689. The fourth-order valence-electron chi connectivity index (χ4n) is 1.85. The summed E-state index contributed by atoms with van der Waals surface area (Å²) in [6, 6.07) is 7.22. The smallest absolute Gasteiger partial charge is 0.225 e. The summed E-state index contributed by atoms with van der Waals surface area (Å²) in [6.07, 6.45) is 3.36. The fourth-order valence-corrected chi connectivity index (χ4v) is 2.03. The number of aliphatic hydroxyl groups is 1. The highest BCUT2D eigenvalue weighted by molar-refractivity contribution is 6.33. The maximum absolute atomic E-state index is 11.8. The predicted octanol–water partition coefficient (Wildman–Crippen LogP) is 2.76. The van der Waals surface area contributed by atoms with Crippen LogP contribution >= 0.6 is 11.6 Å². The number of carbonyl (C=O) groups excluding carboxylic acids is 1. The van der Waals surface area contributed by atoms with Gasteiger partial charge in [0, 0.05) is 19.6 Å². The number of hydrogen-bond donors (Lipinski definition) is 2. The molecular formula is C15H23ClN2O2. The summed E-state index contributed by atoms with van der Waals surface area (Å²) in [7, 11) is 2.00. The van der Waals surface area contributed by atoms with Crippen LogP contribution in [0.5, 0.6) is 0 Å². The van der Waals surface area contributed by atoms with Crippen LogP contribution in [0.15, 0.2) is 24.3 Å². The van der Waals surface area contributed by atoms with Crippen molar-refractivity contribution in [3.05, 3.63) is 29.3 Å². The van der Waals surface area contributed by atoms with Crippen molar-refractivity contribution < 1.29 is 9.90 Å². The Hall–Kier alpha value is -1.10. The number of unbranched alkanes of at least 4 members (excludes halogenated alkanes) is 2. The second kappa shape index (κ2) is 9.75. The molecule has 0 saturated carbocycles. The zero-order chi connectivity index (χ0) is 14.8. The molecule has 0 unspecified atom stereocenters. The van der Waals surface area contributed by atoms with Gasteiger partial charge in [-0.15, -0.1) is 0 Å². The second-order valence-electron chi connectivity index (χ2n) is 4.87. The van der Waals surface area contributed by atoms with Crippen molar-refractivity contribution in [2.24, 2.45) is 0 Å². The van der Waals surface area contributed by atoms with E-state index in [-0.39, 0.29) is 12.5 Å². The first kappa shape index (κ1) is 17.0. The lowest BCUT2D eigenvalue weighted by molar-refractivity contribution is -0.116. The molecule has 20 heavy (non-hydrogen) atoms. The van der Waals surface area contributed by atoms with Crippen molar-refractivity contribution in [2.75, 3.05) is 32.1 Å². The average molecular weight is 299 g/mol. The Morgan fingerprint density at radius 3 is 2.70 bits per heavy atom. The largest absolute Gasteiger partial charge is 0.396 e. The first-order chi connectivity index (χ1) is 9.63. The number of halogens is 1. The Balaban J connectivity index is 2.21. The van der Waals surface area contributed by atoms with Gasteiger partial charge in [0.2, 0.25) is 5.91 Å². The number of nitrogens with one attached hydrogen (secondary N) is 1. The number of anilines is 1. The Morgan fingerprint density at radius 1 is 1.25 bits per heavy atom. The van der Waals surface area contributed by atoms with Gasteiger partial charge in [0.1, 0.15) is 0 Å². The monoisotopic (exact) mass is 298 g/mol. The van der Waals surface area contributed by atoms with Gasteiger partial charge in [0.05, 0.1) is 10.7 Å². The number of hydrogen-bond acceptors (Lipinski definition) is 3. The van der Waals surface area contributed by atoms with Crippen molar-refractivity contribution in [2.45, 2.75) is 25.7 Å². The molecule has 0 aromatic heterocycles. The van der Waals surface area contributed by atoms with E-state index in [0.717, 1.165) is 32.4 Å². The summed E-state index contributed by atoms with van der Waals surface area (Å²) in [5.74, 6) is -0.0275. The zero-order valence-corrected chi connectivity index (χ0v) is 12.7. The number of benzene rings is 1. The lowest BCUT2D eigenvalue weighted by atomic mass is 10.2. The molecule has 4 nitrogen and oxygen atoms in total. The van der Waals surface area contributed by atoms with Crippen LogP contribution in [0.25, 0.3) is 0 Å². The normalized spacial score (nSPS) is 10.8. The van der Waals surface area contributed by atoms with Crippen LogP contribution in [-0.2, 0) is 4.79 Å². The number of rotatable bonds is 9. The van der Waals surface area contributed by atoms with Crippen LogP contribution in [-0.4, -0.2) is 42.7 Å². The van der Waals surface area contributed by atoms with Crippen LogP contribution < -0.4 is 5.32 Å². The molecule has 5 heteroatoms. The Kier molecular flexibility index (Phi) is 8.26. The molecule has 1 aromatic rings. The van der Waals surface area contributed by atoms with E-state index >= 15 is 0 Å². The molecule has 0 spiro atoms. The first-order valence-corrected chi connectivity index (χ1v) is 7.35. The van der Waals surface area contributed by atoms with Crippen molar-refractivity contribution in [3.63, 3.8) is 0 Å². The van der Waals surface area contributed by atoms with Crippen molar-refractivity contribution in [1.29, 1.82) is 0 Å². The molecule has 112 valence electrons. The van der Waals surface area contributed by atoms with Crippen molar-refractivity contribution in [3.8, 4) is 0 Å². The maximum atomic E-state index is 11.8. The molecule has 0 aliphatic rings. The molecule has 1 aromatic carbocycles. The molecule has 0 radical (unpaired) electrons. The molecule has 0 saturated heterocycles. The minimum atomic E-state index is -0.0275. The van der Waals surface area contributed by atoms with E-state index in [0.29, 0.717) is 17.1 Å². The molecule has 0 heterocycles. The van der Waals surface area contributed by atoms with E-state index in [2.05, 4.69) is 10.2 Å². The van der Waals surface area contributed by atoms with E-state index < -0.39 is 0 Å². The Morgan fingerprint density at radius 2 is 2.00 bits per heavy atom. The Bertz CT molecular complexity index is 413. The fraction of sp³-hybridized carbons (Fsp3) is 0.533. The summed E-state index contributed by atoms with van der Waals surface area (Å²) >= 11 is 5.98. The Labute approximate surface area is 125 Å². The third-order valence-corrected chi connectivity index (χ3v) is 3.40. The summed E-state index contributed by atoms with van der Waals surface area (Å²) in [4.78, 5) is 13.9. The van der Waals surface area contributed by atoms with E-state index in [9.17, 15) is 4.79 Å². The lowest BCUT2D eigenvalue weighted by Gasteiger charge is -2.16. The number of amides is 1. The average Bonchev–Trinajstić information content (AvgIpc) is 2.44. The third kappa shape index (κ3) is 6.89. The summed E-state index contributed by atoms with van der Waals surface area (Å²) in [5.41, 5.74) is 0.657. The number of nitrogens with zero attached hydrogens (tertiary/aromatic N) is 1. The second-order valence-corrected chi connectivity index (χ2v) is 5.27. The van der Waals surface area contributed by atoms with Crippen LogP contribution in [0.4, 0.5) is 5.69 Å². The van der Waals surface area contributed by atoms with Gasteiger partial charge >= 0.3 is 0 Å². The van der Waals surface area contributed by atoms with Gasteiger partial charge in [0.15, 0.2) is 0 Å². The van der Waals surface area contributed by atoms with Gasteiger partial charge in [0.25, 0.3) is 0 Å². The summed E-state index contributed by atoms with van der Waals surface area (Å²) in [6.45, 7) is 1.92. The zero-order valence-electron chi connectivity index (χ0n) is 11.9. The van der Waals surface area contributed by atoms with Gasteiger partial charge < -0.3 is 15.3 Å². The van der Waals surface area contributed by atoms with Crippen molar-refractivity contribution >= 4 is 23.2 Å². The van der Waals surface area contributed by atoms with Crippen LogP contribution in [0.3, 0.4) is 0 Å². The molecule has 0 bridgehead atoms. The molecule has 2 N–H and O–H groups in total. The highest BCUT2D eigenvalue weighted by Crippen LogP contribution is 2.20. The third-order valence-electron chi connectivity index (χ3n) is 3.07. The van der Waals surface area contributed by atoms with Gasteiger partial charge in [-0.2, -0.15) is 0 Å². The number of carbonyl (C=O) groups is 1. The molecule has 0 aliphatic carbocycles. The van der Waals surface area contributed by atoms with E-state index in [1.807, 2.05) is 19.2 Å². The minimum absolute atomic E-state index is 0.0275. The van der Waals surface area contributed by atoms with Gasteiger partial charge in [-0.05, 0) is 45.0 Å². The standard InChI is InChI=1S/C15H23ClN2O2/c1-18(10-5-2-6-12-19)11-9-15(20)17-14-8-4-3-7-13(14)16/h3-4,7-8,19H,2,5-6,9-12H2,1H3,(H,17,20). The van der Waals surface area contributed by atoms with Gasteiger partial charge in [-0.3, -0.25) is 4.79 Å². The topological polar surface area (TPSA) is 52.6 Å². The summed E-state index contributed by atoms with van der Waals surface area (Å²) < 4.78 is 0. The van der Waals surface area contributed by atoms with Gasteiger partial charge in [-0.1, -0.05) is 23.7 Å². The summed E-state index contributed by atoms with van der Waals surface area (Å²) in [5, 5.41) is 12.1. The van der Waals surface area contributed by atoms with Gasteiger partial charge in [-0.25, -0.2) is 0 Å². The van der Waals surface area contributed by atoms with Crippen LogP contribution in [0, 0.1) is 0 Å². The maximum Gasteiger partial charge on any atom is 0.225 e.